The van der Waals surface area contributed by atoms with Crippen molar-refractivity contribution in [2.75, 3.05) is 13.7 Å². The van der Waals surface area contributed by atoms with E-state index in [-0.39, 0.29) is 31.0 Å². The van der Waals surface area contributed by atoms with Crippen molar-refractivity contribution in [1.82, 2.24) is 4.90 Å². The Bertz CT molecular complexity index is 511. The molecule has 6 heteroatoms. The number of hydrogen-bond acceptors (Lipinski definition) is 5. The summed E-state index contributed by atoms with van der Waals surface area (Å²) in [5, 5.41) is 9.79. The van der Waals surface area contributed by atoms with Crippen molar-refractivity contribution in [2.24, 2.45) is 0 Å². The van der Waals surface area contributed by atoms with Crippen LogP contribution in [0.25, 0.3) is 0 Å². The van der Waals surface area contributed by atoms with Gasteiger partial charge in [-0.2, -0.15) is 9.78 Å². The first-order chi connectivity index (χ1) is 10.7. The molecule has 0 aliphatic carbocycles. The highest BCUT2D eigenvalue weighted by Gasteiger charge is 2.60. The Hall–Kier alpha value is -0.690. The number of fused-ring (bicyclic) bond motifs is 2. The maximum absolute atomic E-state index is 9.79. The van der Waals surface area contributed by atoms with Gasteiger partial charge in [-0.1, -0.05) is 30.3 Å². The molecule has 0 radical (unpaired) electrons. The van der Waals surface area contributed by atoms with Gasteiger partial charge in [0, 0.05) is 12.1 Å². The maximum atomic E-state index is 9.79. The van der Waals surface area contributed by atoms with Crippen molar-refractivity contribution in [3.05, 3.63) is 35.9 Å². The minimum absolute atomic E-state index is 0. The first kappa shape index (κ1) is 17.1. The van der Waals surface area contributed by atoms with E-state index in [1.54, 1.807) is 0 Å². The summed E-state index contributed by atoms with van der Waals surface area (Å²) in [5.41, 5.74) is 0.971. The first-order valence-corrected chi connectivity index (χ1v) is 8.14. The smallest absolute Gasteiger partial charge is 0.349 e. The predicted octanol–water partition coefficient (Wildman–Crippen LogP) is 2.44. The van der Waals surface area contributed by atoms with Gasteiger partial charge >= 0.3 is 5.97 Å². The van der Waals surface area contributed by atoms with Gasteiger partial charge in [0.2, 0.25) is 0 Å². The van der Waals surface area contributed by atoms with Crippen molar-refractivity contribution in [3.63, 3.8) is 0 Å². The van der Waals surface area contributed by atoms with Gasteiger partial charge in [0.1, 0.15) is 0 Å². The van der Waals surface area contributed by atoms with Gasteiger partial charge < -0.3 is 14.7 Å². The number of benzene rings is 1. The maximum Gasteiger partial charge on any atom is 0.349 e. The summed E-state index contributed by atoms with van der Waals surface area (Å²) < 4.78 is 6.20. The first-order valence-electron chi connectivity index (χ1n) is 8.14. The molecule has 4 rings (SSSR count). The minimum atomic E-state index is -1.10. The van der Waals surface area contributed by atoms with Crippen LogP contribution in [0.1, 0.15) is 37.2 Å². The third-order valence-electron chi connectivity index (χ3n) is 5.44. The molecule has 1 aromatic rings. The van der Waals surface area contributed by atoms with Crippen molar-refractivity contribution in [3.8, 4) is 0 Å². The average Bonchev–Trinajstić information content (AvgIpc) is 3.27. The van der Waals surface area contributed by atoms with E-state index in [1.807, 2.05) is 30.3 Å². The third kappa shape index (κ3) is 3.14. The number of aliphatic hydroxyl groups is 1. The summed E-state index contributed by atoms with van der Waals surface area (Å²) in [6.45, 7) is -0.0660. The highest BCUT2D eigenvalue weighted by molar-refractivity contribution is 5.85. The summed E-state index contributed by atoms with van der Waals surface area (Å²) in [6, 6.07) is 11.0. The number of nitrogens with zero attached hydrogens (tertiary/aromatic N) is 1. The SMILES string of the molecule is CN1[C@@H]2CC[C@H]1CC(OC1(C(CO)c3ccccc3)OO1)C2.Cl. The number of rotatable bonds is 5. The van der Waals surface area contributed by atoms with Gasteiger partial charge in [-0.05, 0) is 38.3 Å². The van der Waals surface area contributed by atoms with E-state index < -0.39 is 5.97 Å². The Morgan fingerprint density at radius 3 is 2.35 bits per heavy atom. The molecule has 3 aliphatic rings. The zero-order chi connectivity index (χ0) is 15.2. The Balaban J connectivity index is 0.00000156. The van der Waals surface area contributed by atoms with E-state index in [0.717, 1.165) is 18.4 Å². The molecule has 4 atom stereocenters. The van der Waals surface area contributed by atoms with Crippen LogP contribution in [-0.4, -0.2) is 47.8 Å². The molecule has 0 saturated carbocycles. The molecule has 3 saturated heterocycles. The molecule has 128 valence electrons. The lowest BCUT2D eigenvalue weighted by atomic mass is 9.96. The second-order valence-corrected chi connectivity index (χ2v) is 6.68. The lowest BCUT2D eigenvalue weighted by Crippen LogP contribution is -2.45. The number of piperidine rings is 1. The van der Waals surface area contributed by atoms with E-state index >= 15 is 0 Å². The van der Waals surface area contributed by atoms with Gasteiger partial charge in [0.25, 0.3) is 0 Å². The lowest BCUT2D eigenvalue weighted by molar-refractivity contribution is -0.145. The molecule has 3 aliphatic heterocycles. The summed E-state index contributed by atoms with van der Waals surface area (Å²) in [5.74, 6) is -1.41. The number of hydrogen-bond donors (Lipinski definition) is 1. The molecule has 2 unspecified atom stereocenters. The quantitative estimate of drug-likeness (QED) is 0.658. The molecule has 0 aromatic heterocycles. The molecule has 2 bridgehead atoms. The second-order valence-electron chi connectivity index (χ2n) is 6.68. The van der Waals surface area contributed by atoms with Crippen LogP contribution in [-0.2, 0) is 14.5 Å². The zero-order valence-corrected chi connectivity index (χ0v) is 14.1. The van der Waals surface area contributed by atoms with Crippen LogP contribution in [0.3, 0.4) is 0 Å². The van der Waals surface area contributed by atoms with Crippen molar-refractivity contribution in [1.29, 1.82) is 0 Å². The van der Waals surface area contributed by atoms with E-state index in [2.05, 4.69) is 11.9 Å². The molecule has 23 heavy (non-hydrogen) atoms. The lowest BCUT2D eigenvalue weighted by Gasteiger charge is -2.37. The molecule has 0 amide bonds. The fraction of sp³-hybridized carbons (Fsp3) is 0.647. The topological polar surface area (TPSA) is 57.8 Å². The predicted molar refractivity (Wildman–Crippen MR) is 87.1 cm³/mol. The van der Waals surface area contributed by atoms with Gasteiger partial charge in [0.15, 0.2) is 0 Å². The van der Waals surface area contributed by atoms with Crippen LogP contribution >= 0.6 is 12.4 Å². The molecule has 3 fully saturated rings. The highest BCUT2D eigenvalue weighted by atomic mass is 35.5. The fourth-order valence-corrected chi connectivity index (χ4v) is 4.08. The summed E-state index contributed by atoms with van der Waals surface area (Å²) in [7, 11) is 2.21. The monoisotopic (exact) mass is 341 g/mol. The van der Waals surface area contributed by atoms with Gasteiger partial charge in [-0.3, -0.25) is 0 Å². The van der Waals surface area contributed by atoms with Crippen LogP contribution < -0.4 is 0 Å². The summed E-state index contributed by atoms with van der Waals surface area (Å²) in [4.78, 5) is 12.9. The van der Waals surface area contributed by atoms with E-state index in [0.29, 0.717) is 12.1 Å². The van der Waals surface area contributed by atoms with Gasteiger partial charge in [-0.25, -0.2) is 0 Å². The Labute approximate surface area is 142 Å². The largest absolute Gasteiger partial charge is 0.395 e. The van der Waals surface area contributed by atoms with Gasteiger partial charge in [0.05, 0.1) is 18.6 Å². The summed E-state index contributed by atoms with van der Waals surface area (Å²) in [6.07, 6.45) is 4.65. The van der Waals surface area contributed by atoms with Crippen LogP contribution in [0.4, 0.5) is 0 Å². The minimum Gasteiger partial charge on any atom is -0.395 e. The van der Waals surface area contributed by atoms with Crippen LogP contribution in [0.2, 0.25) is 0 Å². The Kier molecular flexibility index (Phi) is 4.97. The van der Waals surface area contributed by atoms with Crippen LogP contribution in [0, 0.1) is 0 Å². The van der Waals surface area contributed by atoms with E-state index in [9.17, 15) is 5.11 Å². The number of aliphatic hydroxyl groups excluding tert-OH is 1. The molecule has 1 N–H and O–H groups in total. The summed E-state index contributed by atoms with van der Waals surface area (Å²) >= 11 is 0. The molecule has 0 spiro atoms. The van der Waals surface area contributed by atoms with Crippen LogP contribution in [0.5, 0.6) is 0 Å². The van der Waals surface area contributed by atoms with Crippen molar-refractivity contribution < 1.29 is 19.6 Å². The van der Waals surface area contributed by atoms with E-state index in [4.69, 9.17) is 14.5 Å². The highest BCUT2D eigenvalue weighted by Crippen LogP contribution is 2.47. The molecule has 5 nitrogen and oxygen atoms in total. The van der Waals surface area contributed by atoms with Crippen molar-refractivity contribution >= 4 is 12.4 Å². The molecular weight excluding hydrogens is 318 g/mol. The average molecular weight is 342 g/mol. The Morgan fingerprint density at radius 2 is 1.83 bits per heavy atom. The van der Waals surface area contributed by atoms with Crippen LogP contribution in [0.15, 0.2) is 30.3 Å². The standard InChI is InChI=1S/C17H23NO4.ClH/c1-18-13-7-8-14(18)10-15(9-13)20-17(21-22-17)16(11-19)12-5-3-2-4-6-12;/h2-6,13-16,19H,7-11H2,1H3;1H/t13-,14+,15?,16?;. The number of halogens is 1. The molecule has 3 heterocycles. The number of ether oxygens (including phenoxy) is 1. The molecule has 1 aromatic carbocycles. The molecular formula is C17H24ClNO4. The Morgan fingerprint density at radius 1 is 1.22 bits per heavy atom. The fourth-order valence-electron chi connectivity index (χ4n) is 4.08. The van der Waals surface area contributed by atoms with E-state index in [1.165, 1.54) is 12.8 Å². The second kappa shape index (κ2) is 6.67. The van der Waals surface area contributed by atoms with Crippen molar-refractivity contribution in [2.45, 2.75) is 55.8 Å². The van der Waals surface area contributed by atoms with Gasteiger partial charge in [-0.15, -0.1) is 12.4 Å². The normalized spacial score (nSPS) is 33.0. The zero-order valence-electron chi connectivity index (χ0n) is 13.3. The third-order valence-corrected chi connectivity index (χ3v) is 5.44.